The van der Waals surface area contributed by atoms with E-state index in [1.165, 1.54) is 11.1 Å². The standard InChI is InChI=1S/C24H23N5O/c1-4-5-12-28-14-25-22-20(24(28)30)21-23(27-19-9-7-6-8-18(19)26-21)29(22)17-11-10-15(2)16(3)13-17/h6-11,13-14H,4-5,12H2,1-3H3. The summed E-state index contributed by atoms with van der Waals surface area (Å²) >= 11 is 0. The Morgan fingerprint density at radius 2 is 1.70 bits per heavy atom. The maximum Gasteiger partial charge on any atom is 0.265 e. The van der Waals surface area contributed by atoms with Crippen molar-refractivity contribution in [3.8, 4) is 5.69 Å². The Kier molecular flexibility index (Phi) is 4.35. The second-order valence-corrected chi connectivity index (χ2v) is 7.78. The minimum absolute atomic E-state index is 0.0642. The predicted octanol–water partition coefficient (Wildman–Crippen LogP) is 4.70. The molecule has 0 unspecified atom stereocenters. The van der Waals surface area contributed by atoms with E-state index in [9.17, 15) is 4.79 Å². The number of nitrogens with zero attached hydrogens (tertiary/aromatic N) is 5. The van der Waals surface area contributed by atoms with Crippen LogP contribution in [0.5, 0.6) is 0 Å². The van der Waals surface area contributed by atoms with Gasteiger partial charge in [0, 0.05) is 12.2 Å². The fourth-order valence-corrected chi connectivity index (χ4v) is 3.87. The predicted molar refractivity (Wildman–Crippen MR) is 120 cm³/mol. The van der Waals surface area contributed by atoms with Crippen molar-refractivity contribution in [1.29, 1.82) is 0 Å². The lowest BCUT2D eigenvalue weighted by Gasteiger charge is -2.09. The van der Waals surface area contributed by atoms with Crippen LogP contribution in [-0.4, -0.2) is 24.1 Å². The molecule has 150 valence electrons. The first-order valence-corrected chi connectivity index (χ1v) is 10.3. The number of unbranched alkanes of at least 4 members (excludes halogenated alkanes) is 1. The fourth-order valence-electron chi connectivity index (χ4n) is 3.87. The molecule has 3 heterocycles. The van der Waals surface area contributed by atoms with E-state index < -0.39 is 0 Å². The maximum atomic E-state index is 13.4. The first kappa shape index (κ1) is 18.5. The van der Waals surface area contributed by atoms with E-state index in [0.29, 0.717) is 28.7 Å². The van der Waals surface area contributed by atoms with Crippen LogP contribution >= 0.6 is 0 Å². The Morgan fingerprint density at radius 3 is 2.43 bits per heavy atom. The normalized spacial score (nSPS) is 11.7. The van der Waals surface area contributed by atoms with Crippen molar-refractivity contribution in [3.05, 3.63) is 70.3 Å². The molecule has 6 nitrogen and oxygen atoms in total. The number of hydrogen-bond donors (Lipinski definition) is 0. The number of aryl methyl sites for hydroxylation is 3. The molecule has 0 aliphatic rings. The number of hydrogen-bond acceptors (Lipinski definition) is 4. The van der Waals surface area contributed by atoms with Gasteiger partial charge in [-0.3, -0.25) is 13.9 Å². The zero-order valence-corrected chi connectivity index (χ0v) is 17.4. The van der Waals surface area contributed by atoms with Crippen molar-refractivity contribution < 1.29 is 0 Å². The molecule has 6 heteroatoms. The topological polar surface area (TPSA) is 65.6 Å². The van der Waals surface area contributed by atoms with Crippen molar-refractivity contribution in [3.63, 3.8) is 0 Å². The molecular weight excluding hydrogens is 374 g/mol. The smallest absolute Gasteiger partial charge is 0.265 e. The highest BCUT2D eigenvalue weighted by molar-refractivity contribution is 6.05. The van der Waals surface area contributed by atoms with E-state index in [1.807, 2.05) is 34.9 Å². The van der Waals surface area contributed by atoms with Crippen LogP contribution in [0.15, 0.2) is 53.6 Å². The summed E-state index contributed by atoms with van der Waals surface area (Å²) < 4.78 is 3.65. The van der Waals surface area contributed by atoms with Crippen molar-refractivity contribution in [2.75, 3.05) is 0 Å². The van der Waals surface area contributed by atoms with Crippen LogP contribution in [-0.2, 0) is 6.54 Å². The van der Waals surface area contributed by atoms with Crippen LogP contribution in [0.1, 0.15) is 30.9 Å². The third-order valence-corrected chi connectivity index (χ3v) is 5.73. The molecule has 0 aliphatic heterocycles. The Labute approximate surface area is 173 Å². The van der Waals surface area contributed by atoms with Crippen LogP contribution in [0.3, 0.4) is 0 Å². The molecule has 5 aromatic rings. The maximum absolute atomic E-state index is 13.4. The Bertz CT molecular complexity index is 1480. The number of benzene rings is 2. The summed E-state index contributed by atoms with van der Waals surface area (Å²) in [6.45, 7) is 6.93. The number of aromatic nitrogens is 5. The fraction of sp³-hybridized carbons (Fsp3) is 0.250. The van der Waals surface area contributed by atoms with Crippen LogP contribution < -0.4 is 5.56 Å². The molecule has 3 aromatic heterocycles. The van der Waals surface area contributed by atoms with Gasteiger partial charge in [-0.2, -0.15) is 0 Å². The van der Waals surface area contributed by atoms with E-state index in [-0.39, 0.29) is 5.56 Å². The first-order valence-electron chi connectivity index (χ1n) is 10.3. The highest BCUT2D eigenvalue weighted by atomic mass is 16.1. The third-order valence-electron chi connectivity index (χ3n) is 5.73. The summed E-state index contributed by atoms with van der Waals surface area (Å²) in [6.07, 6.45) is 3.59. The largest absolute Gasteiger partial charge is 0.299 e. The van der Waals surface area contributed by atoms with Gasteiger partial charge in [-0.1, -0.05) is 31.5 Å². The number of rotatable bonds is 4. The third kappa shape index (κ3) is 2.79. The minimum Gasteiger partial charge on any atom is -0.299 e. The molecular formula is C24H23N5O. The van der Waals surface area contributed by atoms with Crippen LogP contribution in [0.25, 0.3) is 38.9 Å². The average molecular weight is 397 g/mol. The molecule has 0 amide bonds. The highest BCUT2D eigenvalue weighted by Crippen LogP contribution is 2.29. The summed E-state index contributed by atoms with van der Waals surface area (Å²) in [7, 11) is 0. The monoisotopic (exact) mass is 397 g/mol. The molecule has 2 aromatic carbocycles. The quantitative estimate of drug-likeness (QED) is 0.441. The van der Waals surface area contributed by atoms with Gasteiger partial charge in [-0.15, -0.1) is 0 Å². The van der Waals surface area contributed by atoms with Crippen molar-refractivity contribution in [2.45, 2.75) is 40.2 Å². The Morgan fingerprint density at radius 1 is 0.933 bits per heavy atom. The van der Waals surface area contributed by atoms with E-state index >= 15 is 0 Å². The highest BCUT2D eigenvalue weighted by Gasteiger charge is 2.20. The molecule has 30 heavy (non-hydrogen) atoms. The SMILES string of the molecule is CCCCn1cnc2c(c1=O)c1nc3ccccc3nc1n2-c1ccc(C)c(C)c1. The molecule has 0 radical (unpaired) electrons. The van der Waals surface area contributed by atoms with Crippen molar-refractivity contribution in [1.82, 2.24) is 24.1 Å². The van der Waals surface area contributed by atoms with Crippen LogP contribution in [0.4, 0.5) is 0 Å². The molecule has 0 aliphatic carbocycles. The van der Waals surface area contributed by atoms with Gasteiger partial charge >= 0.3 is 0 Å². The zero-order chi connectivity index (χ0) is 20.8. The second kappa shape index (κ2) is 7.06. The Hall–Kier alpha value is -3.54. The Balaban J connectivity index is 1.93. The van der Waals surface area contributed by atoms with Gasteiger partial charge in [0.25, 0.3) is 5.56 Å². The van der Waals surface area contributed by atoms with Crippen molar-refractivity contribution in [2.24, 2.45) is 0 Å². The van der Waals surface area contributed by atoms with E-state index in [1.54, 1.807) is 10.9 Å². The van der Waals surface area contributed by atoms with E-state index in [4.69, 9.17) is 15.0 Å². The summed E-state index contributed by atoms with van der Waals surface area (Å²) in [5.74, 6) is 0. The second-order valence-electron chi connectivity index (χ2n) is 7.78. The molecule has 0 spiro atoms. The lowest BCUT2D eigenvalue weighted by atomic mass is 10.1. The lowest BCUT2D eigenvalue weighted by molar-refractivity contribution is 0.608. The van der Waals surface area contributed by atoms with Gasteiger partial charge in [0.1, 0.15) is 10.9 Å². The van der Waals surface area contributed by atoms with E-state index in [0.717, 1.165) is 29.6 Å². The van der Waals surface area contributed by atoms with Crippen LogP contribution in [0.2, 0.25) is 0 Å². The van der Waals surface area contributed by atoms with Gasteiger partial charge in [0.15, 0.2) is 11.3 Å². The molecule has 5 rings (SSSR count). The van der Waals surface area contributed by atoms with E-state index in [2.05, 4.69) is 32.9 Å². The molecule has 0 saturated carbocycles. The van der Waals surface area contributed by atoms with Gasteiger partial charge in [-0.25, -0.2) is 15.0 Å². The van der Waals surface area contributed by atoms with Gasteiger partial charge in [0.2, 0.25) is 0 Å². The summed E-state index contributed by atoms with van der Waals surface area (Å²) in [5.41, 5.74) is 6.68. The van der Waals surface area contributed by atoms with Gasteiger partial charge in [-0.05, 0) is 55.7 Å². The van der Waals surface area contributed by atoms with Crippen molar-refractivity contribution >= 4 is 33.2 Å². The molecule has 0 atom stereocenters. The summed E-state index contributed by atoms with van der Waals surface area (Å²) in [6, 6.07) is 14.0. The summed E-state index contributed by atoms with van der Waals surface area (Å²) in [4.78, 5) is 27.8. The minimum atomic E-state index is -0.0642. The van der Waals surface area contributed by atoms with Crippen LogP contribution in [0, 0.1) is 13.8 Å². The first-order chi connectivity index (χ1) is 14.6. The zero-order valence-electron chi connectivity index (χ0n) is 17.4. The lowest BCUT2D eigenvalue weighted by Crippen LogP contribution is -2.20. The van der Waals surface area contributed by atoms with Gasteiger partial charge < -0.3 is 0 Å². The molecule has 0 N–H and O–H groups in total. The average Bonchev–Trinajstić information content (AvgIpc) is 3.07. The molecule has 0 fully saturated rings. The molecule has 0 bridgehead atoms. The molecule has 0 saturated heterocycles. The van der Waals surface area contributed by atoms with Gasteiger partial charge in [0.05, 0.1) is 17.4 Å². The number of fused-ring (bicyclic) bond motifs is 4. The number of para-hydroxylation sites is 2. The summed E-state index contributed by atoms with van der Waals surface area (Å²) in [5, 5.41) is 0.528.